The van der Waals surface area contributed by atoms with E-state index in [0.717, 1.165) is 21.8 Å². The first-order valence-electron chi connectivity index (χ1n) is 7.84. The van der Waals surface area contributed by atoms with Crippen LogP contribution in [0.4, 0.5) is 15.6 Å². The molecular weight excluding hydrogens is 354 g/mol. The molecule has 8 nitrogen and oxygen atoms in total. The molecular formula is C17H17N5O3S. The zero-order chi connectivity index (χ0) is 18.8. The normalized spacial score (nSPS) is 14.2. The van der Waals surface area contributed by atoms with E-state index in [1.54, 1.807) is 5.38 Å². The molecule has 0 atom stereocenters. The van der Waals surface area contributed by atoms with E-state index in [2.05, 4.69) is 15.4 Å². The molecule has 0 saturated carbocycles. The zero-order valence-electron chi connectivity index (χ0n) is 14.5. The molecule has 2 heterocycles. The molecule has 1 fully saturated rings. The fraction of sp³-hybridized carbons (Fsp3) is 0.235. The summed E-state index contributed by atoms with van der Waals surface area (Å²) in [6, 6.07) is 5.20. The van der Waals surface area contributed by atoms with Crippen LogP contribution in [0.15, 0.2) is 28.7 Å². The molecule has 0 spiro atoms. The maximum Gasteiger partial charge on any atom is 0.344 e. The lowest BCUT2D eigenvalue weighted by molar-refractivity contribution is -0.118. The number of benzene rings is 1. The van der Waals surface area contributed by atoms with Crippen molar-refractivity contribution in [3.63, 3.8) is 0 Å². The molecule has 0 bridgehead atoms. The Kier molecular flexibility index (Phi) is 4.81. The lowest BCUT2D eigenvalue weighted by atomic mass is 10.1. The Morgan fingerprint density at radius 1 is 1.35 bits per heavy atom. The van der Waals surface area contributed by atoms with Crippen molar-refractivity contribution in [2.24, 2.45) is 5.10 Å². The SMILES string of the molecule is CC(=O)N(c1ccc(C)c(C)c1)c1nc(/C=N\N2CC(=O)NC2=O)cs1. The Labute approximate surface area is 154 Å². The fourth-order valence-corrected chi connectivity index (χ4v) is 3.22. The van der Waals surface area contributed by atoms with E-state index < -0.39 is 11.9 Å². The number of urea groups is 1. The van der Waals surface area contributed by atoms with E-state index in [4.69, 9.17) is 0 Å². The summed E-state index contributed by atoms with van der Waals surface area (Å²) in [6.45, 7) is 5.35. The number of hydrazone groups is 1. The second-order valence-corrected chi connectivity index (χ2v) is 6.67. The number of amides is 4. The standard InChI is InChI=1S/C17H17N5O3S/c1-10-4-5-14(6-11(10)2)22(12(3)23)17-19-13(9-26-17)7-18-21-8-15(24)20-16(21)25/h4-7,9H,8H2,1-3H3,(H,20,24,25)/b18-7-. The van der Waals surface area contributed by atoms with Crippen molar-refractivity contribution in [3.8, 4) is 0 Å². The molecule has 1 aliphatic rings. The number of hydrogen-bond acceptors (Lipinski definition) is 6. The van der Waals surface area contributed by atoms with Gasteiger partial charge in [0.1, 0.15) is 6.54 Å². The van der Waals surface area contributed by atoms with Crippen LogP contribution in [0.2, 0.25) is 0 Å². The summed E-state index contributed by atoms with van der Waals surface area (Å²) in [5, 5.41) is 9.35. The number of thiazole rings is 1. The van der Waals surface area contributed by atoms with E-state index in [1.807, 2.05) is 32.0 Å². The Bertz CT molecular complexity index is 921. The number of carbonyl (C=O) groups is 3. The summed E-state index contributed by atoms with van der Waals surface area (Å²) in [7, 11) is 0. The van der Waals surface area contributed by atoms with Gasteiger partial charge in [0, 0.05) is 12.3 Å². The maximum atomic E-state index is 12.2. The average molecular weight is 371 g/mol. The molecule has 1 N–H and O–H groups in total. The predicted octanol–water partition coefficient (Wildman–Crippen LogP) is 2.33. The minimum atomic E-state index is -0.567. The van der Waals surface area contributed by atoms with Crippen LogP contribution in [0.25, 0.3) is 0 Å². The molecule has 3 rings (SSSR count). The summed E-state index contributed by atoms with van der Waals surface area (Å²) >= 11 is 1.29. The number of aromatic nitrogens is 1. The molecule has 4 amide bonds. The lowest BCUT2D eigenvalue weighted by Crippen LogP contribution is -2.24. The van der Waals surface area contributed by atoms with Gasteiger partial charge in [-0.3, -0.25) is 19.8 Å². The number of hydrogen-bond donors (Lipinski definition) is 1. The highest BCUT2D eigenvalue weighted by Gasteiger charge is 2.26. The van der Waals surface area contributed by atoms with Crippen molar-refractivity contribution in [2.45, 2.75) is 20.8 Å². The Morgan fingerprint density at radius 3 is 2.73 bits per heavy atom. The van der Waals surface area contributed by atoms with Crippen LogP contribution in [0, 0.1) is 13.8 Å². The number of nitrogens with zero attached hydrogens (tertiary/aromatic N) is 4. The van der Waals surface area contributed by atoms with Gasteiger partial charge in [0.05, 0.1) is 17.6 Å². The Balaban J connectivity index is 1.84. The molecule has 1 aliphatic heterocycles. The van der Waals surface area contributed by atoms with Crippen LogP contribution in [0.5, 0.6) is 0 Å². The minimum absolute atomic E-state index is 0.117. The molecule has 2 aromatic rings. The van der Waals surface area contributed by atoms with Gasteiger partial charge in [-0.1, -0.05) is 6.07 Å². The molecule has 134 valence electrons. The average Bonchev–Trinajstić information content (AvgIpc) is 3.15. The van der Waals surface area contributed by atoms with Crippen molar-refractivity contribution in [1.29, 1.82) is 0 Å². The quantitative estimate of drug-likeness (QED) is 0.659. The Hall–Kier alpha value is -3.07. The lowest BCUT2D eigenvalue weighted by Gasteiger charge is -2.19. The summed E-state index contributed by atoms with van der Waals surface area (Å²) in [4.78, 5) is 40.7. The monoisotopic (exact) mass is 371 g/mol. The van der Waals surface area contributed by atoms with Crippen molar-refractivity contribution >= 4 is 46.2 Å². The van der Waals surface area contributed by atoms with Gasteiger partial charge in [-0.05, 0) is 37.1 Å². The molecule has 9 heteroatoms. The molecule has 0 unspecified atom stereocenters. The van der Waals surface area contributed by atoms with Crippen LogP contribution >= 0.6 is 11.3 Å². The highest BCUT2D eigenvalue weighted by Crippen LogP contribution is 2.29. The first-order valence-corrected chi connectivity index (χ1v) is 8.72. The van der Waals surface area contributed by atoms with Crippen molar-refractivity contribution < 1.29 is 14.4 Å². The molecule has 1 saturated heterocycles. The fourth-order valence-electron chi connectivity index (χ4n) is 2.38. The number of imide groups is 1. The van der Waals surface area contributed by atoms with Crippen molar-refractivity contribution in [2.75, 3.05) is 11.4 Å². The van der Waals surface area contributed by atoms with E-state index in [9.17, 15) is 14.4 Å². The highest BCUT2D eigenvalue weighted by atomic mass is 32.1. The van der Waals surface area contributed by atoms with Gasteiger partial charge in [0.25, 0.3) is 0 Å². The van der Waals surface area contributed by atoms with Gasteiger partial charge in [0.15, 0.2) is 5.13 Å². The van der Waals surface area contributed by atoms with Gasteiger partial charge in [-0.2, -0.15) is 5.10 Å². The molecule has 1 aromatic heterocycles. The van der Waals surface area contributed by atoms with E-state index in [1.165, 1.54) is 29.4 Å². The third kappa shape index (κ3) is 3.62. The van der Waals surface area contributed by atoms with Gasteiger partial charge in [0.2, 0.25) is 11.8 Å². The highest BCUT2D eigenvalue weighted by molar-refractivity contribution is 7.14. The summed E-state index contributed by atoms with van der Waals surface area (Å²) < 4.78 is 0. The third-order valence-corrected chi connectivity index (χ3v) is 4.71. The summed E-state index contributed by atoms with van der Waals surface area (Å²) in [5.41, 5.74) is 3.45. The van der Waals surface area contributed by atoms with Crippen LogP contribution in [-0.4, -0.2) is 40.6 Å². The summed E-state index contributed by atoms with van der Waals surface area (Å²) in [6.07, 6.45) is 1.39. The van der Waals surface area contributed by atoms with E-state index in [-0.39, 0.29) is 12.5 Å². The molecule has 0 aliphatic carbocycles. The molecule has 0 radical (unpaired) electrons. The van der Waals surface area contributed by atoms with E-state index in [0.29, 0.717) is 10.8 Å². The van der Waals surface area contributed by atoms with Gasteiger partial charge >= 0.3 is 6.03 Å². The summed E-state index contributed by atoms with van der Waals surface area (Å²) in [5.74, 6) is -0.556. The maximum absolute atomic E-state index is 12.2. The third-order valence-electron chi connectivity index (χ3n) is 3.87. The first-order chi connectivity index (χ1) is 12.3. The van der Waals surface area contributed by atoms with Crippen LogP contribution in [-0.2, 0) is 9.59 Å². The number of aryl methyl sites for hydroxylation is 2. The number of carbonyl (C=O) groups excluding carboxylic acids is 3. The van der Waals surface area contributed by atoms with Crippen LogP contribution < -0.4 is 10.2 Å². The van der Waals surface area contributed by atoms with Crippen molar-refractivity contribution in [1.82, 2.24) is 15.3 Å². The molecule has 1 aromatic carbocycles. The first kappa shape index (κ1) is 17.7. The minimum Gasteiger partial charge on any atom is -0.275 e. The van der Waals surface area contributed by atoms with Gasteiger partial charge in [-0.15, -0.1) is 11.3 Å². The van der Waals surface area contributed by atoms with Gasteiger partial charge in [-0.25, -0.2) is 14.8 Å². The zero-order valence-corrected chi connectivity index (χ0v) is 15.3. The van der Waals surface area contributed by atoms with E-state index >= 15 is 0 Å². The number of nitrogens with one attached hydrogen (secondary N) is 1. The van der Waals surface area contributed by atoms with Crippen LogP contribution in [0.1, 0.15) is 23.7 Å². The van der Waals surface area contributed by atoms with Crippen molar-refractivity contribution in [3.05, 3.63) is 40.4 Å². The number of rotatable bonds is 4. The molecule has 26 heavy (non-hydrogen) atoms. The smallest absolute Gasteiger partial charge is 0.275 e. The Morgan fingerprint density at radius 2 is 2.12 bits per heavy atom. The number of anilines is 2. The predicted molar refractivity (Wildman–Crippen MR) is 98.7 cm³/mol. The largest absolute Gasteiger partial charge is 0.344 e. The second kappa shape index (κ2) is 7.04. The second-order valence-electron chi connectivity index (χ2n) is 5.83. The van der Waals surface area contributed by atoms with Gasteiger partial charge < -0.3 is 0 Å². The topological polar surface area (TPSA) is 95.0 Å². The van der Waals surface area contributed by atoms with Crippen LogP contribution in [0.3, 0.4) is 0 Å².